The van der Waals surface area contributed by atoms with Gasteiger partial charge in [0.25, 0.3) is 0 Å². The monoisotopic (exact) mass is 245 g/mol. The van der Waals surface area contributed by atoms with Crippen LogP contribution in [-0.4, -0.2) is 26.2 Å². The number of hydrogen-bond donors (Lipinski definition) is 0. The Morgan fingerprint density at radius 3 is 2.69 bits per heavy atom. The molecule has 0 aliphatic rings. The summed E-state index contributed by atoms with van der Waals surface area (Å²) in [6.45, 7) is 0. The second-order valence-corrected chi connectivity index (χ2v) is 4.08. The number of rotatable bonds is 3. The van der Waals surface area contributed by atoms with E-state index in [0.29, 0.717) is 11.8 Å². The van der Waals surface area contributed by atoms with Gasteiger partial charge < -0.3 is 0 Å². The molecule has 0 heterocycles. The van der Waals surface area contributed by atoms with E-state index in [2.05, 4.69) is 0 Å². The van der Waals surface area contributed by atoms with E-state index >= 15 is 0 Å². The van der Waals surface area contributed by atoms with E-state index in [9.17, 15) is 14.9 Å². The Kier molecular flexibility index (Phi) is 3.17. The van der Waals surface area contributed by atoms with Gasteiger partial charge in [-0.25, -0.2) is 0 Å². The molecule has 0 atom stereocenters. The number of carbonyl (C=O) groups is 1. The van der Waals surface area contributed by atoms with Crippen LogP contribution in [0, 0.1) is 10.1 Å². The molecule has 0 amide bonds. The Morgan fingerprint density at radius 2 is 2.23 bits per heavy atom. The van der Waals surface area contributed by atoms with Crippen LogP contribution < -0.4 is 4.46 Å². The molecule has 0 unspecified atom stereocenters. The van der Waals surface area contributed by atoms with Crippen molar-refractivity contribution in [1.29, 1.82) is 0 Å². The van der Waals surface area contributed by atoms with Crippen LogP contribution in [0.4, 0.5) is 5.69 Å². The van der Waals surface area contributed by atoms with Crippen molar-refractivity contribution in [3.63, 3.8) is 0 Å². The molecule has 5 heteroatoms. The normalized spacial score (nSPS) is 9.62. The molecule has 68 valence electrons. The van der Waals surface area contributed by atoms with Gasteiger partial charge in [-0.15, -0.1) is 0 Å². The molecule has 1 rings (SSSR count). The average Bonchev–Trinajstić information content (AvgIpc) is 2.16. The van der Waals surface area contributed by atoms with Crippen LogP contribution in [0.1, 0.15) is 10.4 Å². The number of nitro groups is 1. The summed E-state index contributed by atoms with van der Waals surface area (Å²) < 4.78 is 0.896. The number of aldehydes is 1. The van der Waals surface area contributed by atoms with E-state index in [0.717, 1.165) is 4.46 Å². The Bertz CT molecular complexity index is 351. The van der Waals surface area contributed by atoms with E-state index in [4.69, 9.17) is 0 Å². The summed E-state index contributed by atoms with van der Waals surface area (Å²) in [6.07, 6.45) is 0.660. The van der Waals surface area contributed by atoms with Crippen molar-refractivity contribution in [2.45, 2.75) is 5.82 Å². The summed E-state index contributed by atoms with van der Waals surface area (Å²) in [5.41, 5.74) is 0.395. The second-order valence-electron chi connectivity index (χ2n) is 2.30. The summed E-state index contributed by atoms with van der Waals surface area (Å²) in [5, 5.41) is 10.4. The third kappa shape index (κ3) is 2.14. The summed E-state index contributed by atoms with van der Waals surface area (Å²) >= 11 is 0.186. The maximum atomic E-state index is 10.5. The van der Waals surface area contributed by atoms with E-state index in [1.807, 2.05) is 5.82 Å². The van der Waals surface area contributed by atoms with Crippen molar-refractivity contribution < 1.29 is 9.72 Å². The summed E-state index contributed by atoms with van der Waals surface area (Å²) in [7, 11) is 0. The van der Waals surface area contributed by atoms with Crippen molar-refractivity contribution in [3.05, 3.63) is 33.9 Å². The summed E-state index contributed by atoms with van der Waals surface area (Å²) in [4.78, 5) is 20.4. The molecular formula is C8H7NO3Se. The van der Waals surface area contributed by atoms with Gasteiger partial charge in [0.05, 0.1) is 0 Å². The van der Waals surface area contributed by atoms with Crippen LogP contribution in [0.3, 0.4) is 0 Å². The van der Waals surface area contributed by atoms with Crippen molar-refractivity contribution in [3.8, 4) is 0 Å². The Hall–Kier alpha value is -1.19. The first kappa shape index (κ1) is 9.89. The molecule has 1 aromatic carbocycles. The molecule has 0 aromatic heterocycles. The van der Waals surface area contributed by atoms with Gasteiger partial charge in [-0.2, -0.15) is 0 Å². The number of hydrogen-bond acceptors (Lipinski definition) is 3. The van der Waals surface area contributed by atoms with E-state index < -0.39 is 4.92 Å². The second kappa shape index (κ2) is 4.16. The van der Waals surface area contributed by atoms with E-state index in [1.165, 1.54) is 12.1 Å². The first-order valence-electron chi connectivity index (χ1n) is 3.46. The van der Waals surface area contributed by atoms with E-state index in [1.54, 1.807) is 6.07 Å². The molecule has 0 N–H and O–H groups in total. The van der Waals surface area contributed by atoms with Crippen LogP contribution in [0.15, 0.2) is 18.2 Å². The predicted molar refractivity (Wildman–Crippen MR) is 49.7 cm³/mol. The quantitative estimate of drug-likeness (QED) is 0.341. The van der Waals surface area contributed by atoms with E-state index in [-0.39, 0.29) is 20.6 Å². The van der Waals surface area contributed by atoms with Crippen LogP contribution in [-0.2, 0) is 0 Å². The van der Waals surface area contributed by atoms with Crippen molar-refractivity contribution >= 4 is 31.4 Å². The number of non-ortho nitro benzene ring substituents is 1. The fourth-order valence-electron chi connectivity index (χ4n) is 0.927. The molecule has 0 saturated carbocycles. The van der Waals surface area contributed by atoms with Gasteiger partial charge in [0.2, 0.25) is 0 Å². The van der Waals surface area contributed by atoms with Gasteiger partial charge >= 0.3 is 80.8 Å². The molecule has 13 heavy (non-hydrogen) atoms. The minimum atomic E-state index is -0.501. The van der Waals surface area contributed by atoms with Gasteiger partial charge in [0, 0.05) is 0 Å². The minimum absolute atomic E-state index is 0.0323. The molecular weight excluding hydrogens is 237 g/mol. The Balaban J connectivity index is 3.20. The number of benzene rings is 1. The molecule has 0 bridgehead atoms. The maximum absolute atomic E-state index is 10.5. The molecule has 0 fully saturated rings. The zero-order valence-corrected chi connectivity index (χ0v) is 8.60. The summed E-state index contributed by atoms with van der Waals surface area (Å²) in [6, 6.07) is 4.38. The van der Waals surface area contributed by atoms with Gasteiger partial charge in [0.15, 0.2) is 0 Å². The first-order chi connectivity index (χ1) is 6.19. The topological polar surface area (TPSA) is 60.2 Å². The van der Waals surface area contributed by atoms with Crippen molar-refractivity contribution in [1.82, 2.24) is 0 Å². The summed E-state index contributed by atoms with van der Waals surface area (Å²) in [5.74, 6) is 1.96. The molecule has 1 aromatic rings. The zero-order valence-electron chi connectivity index (χ0n) is 6.89. The number of nitrogens with zero attached hydrogens (tertiary/aromatic N) is 1. The fraction of sp³-hybridized carbons (Fsp3) is 0.125. The standard InChI is InChI=1S/C8H7NO3Se/c1-13-8-3-2-7(9(11)12)4-6(8)5-10/h2-5H,1H3. The SMILES string of the molecule is C[Se]c1ccc([N+](=O)[O-])cc1C=O. The Labute approximate surface area is 81.3 Å². The average molecular weight is 244 g/mol. The number of carbonyl (C=O) groups excluding carboxylic acids is 1. The fourth-order valence-corrected chi connectivity index (χ4v) is 2.07. The molecule has 0 saturated heterocycles. The zero-order chi connectivity index (χ0) is 9.84. The Morgan fingerprint density at radius 1 is 1.54 bits per heavy atom. The van der Waals surface area contributed by atoms with Gasteiger partial charge in [-0.1, -0.05) is 0 Å². The third-order valence-electron chi connectivity index (χ3n) is 1.55. The first-order valence-corrected chi connectivity index (χ1v) is 6.03. The van der Waals surface area contributed by atoms with Gasteiger partial charge in [0.1, 0.15) is 0 Å². The number of nitro benzene ring substituents is 1. The van der Waals surface area contributed by atoms with Crippen molar-refractivity contribution in [2.75, 3.05) is 0 Å². The van der Waals surface area contributed by atoms with Crippen molar-refractivity contribution in [2.24, 2.45) is 0 Å². The van der Waals surface area contributed by atoms with Crippen LogP contribution >= 0.6 is 0 Å². The molecule has 0 aliphatic heterocycles. The molecule has 4 nitrogen and oxygen atoms in total. The molecule has 0 spiro atoms. The van der Waals surface area contributed by atoms with Crippen LogP contribution in [0.25, 0.3) is 0 Å². The van der Waals surface area contributed by atoms with Gasteiger partial charge in [-0.05, 0) is 0 Å². The molecule has 0 radical (unpaired) electrons. The van der Waals surface area contributed by atoms with Gasteiger partial charge in [-0.3, -0.25) is 0 Å². The molecule has 0 aliphatic carbocycles. The van der Waals surface area contributed by atoms with Crippen LogP contribution in [0.2, 0.25) is 5.82 Å². The van der Waals surface area contributed by atoms with Crippen LogP contribution in [0.5, 0.6) is 0 Å². The predicted octanol–water partition coefficient (Wildman–Crippen LogP) is 0.785. The third-order valence-corrected chi connectivity index (χ3v) is 3.25.